The molecule has 0 unspecified atom stereocenters. The molecule has 0 radical (unpaired) electrons. The average Bonchev–Trinajstić information content (AvgIpc) is 3.07. The fraction of sp³-hybridized carbons (Fsp3) is 0.125. The van der Waals surface area contributed by atoms with Gasteiger partial charge in [0.05, 0.1) is 24.1 Å². The number of amides is 1. The number of carbonyl (C=O) groups is 1. The second-order valence-electron chi connectivity index (χ2n) is 7.29. The zero-order valence-corrected chi connectivity index (χ0v) is 17.3. The number of nitrogens with zero attached hydrogens (tertiary/aromatic N) is 2. The molecule has 3 heterocycles. The Balaban J connectivity index is 1.75. The highest BCUT2D eigenvalue weighted by atomic mass is 35.5. The molecular formula is C24H17ClN2O4. The van der Waals surface area contributed by atoms with E-state index in [1.165, 1.54) is 0 Å². The summed E-state index contributed by atoms with van der Waals surface area (Å²) < 4.78 is 11.3. The van der Waals surface area contributed by atoms with Crippen LogP contribution in [-0.2, 0) is 6.54 Å². The van der Waals surface area contributed by atoms with Crippen molar-refractivity contribution in [3.05, 3.63) is 105 Å². The van der Waals surface area contributed by atoms with E-state index in [-0.39, 0.29) is 23.6 Å². The Hall–Kier alpha value is -3.64. The van der Waals surface area contributed by atoms with Crippen LogP contribution in [0.4, 0.5) is 0 Å². The van der Waals surface area contributed by atoms with Crippen LogP contribution in [-0.4, -0.2) is 22.9 Å². The predicted octanol–water partition coefficient (Wildman–Crippen LogP) is 4.60. The van der Waals surface area contributed by atoms with E-state index in [1.807, 2.05) is 36.4 Å². The number of fused-ring (bicyclic) bond motifs is 2. The lowest BCUT2D eigenvalue weighted by Gasteiger charge is -2.25. The van der Waals surface area contributed by atoms with Gasteiger partial charge >= 0.3 is 0 Å². The van der Waals surface area contributed by atoms with Crippen LogP contribution in [0.25, 0.3) is 11.0 Å². The molecule has 1 aliphatic rings. The normalized spacial score (nSPS) is 15.4. The monoisotopic (exact) mass is 432 g/mol. The van der Waals surface area contributed by atoms with Gasteiger partial charge in [0, 0.05) is 24.0 Å². The van der Waals surface area contributed by atoms with Crippen LogP contribution in [0.2, 0.25) is 5.02 Å². The number of hydrogen-bond acceptors (Lipinski definition) is 5. The number of rotatable bonds is 4. The van der Waals surface area contributed by atoms with E-state index in [1.54, 1.807) is 42.6 Å². The van der Waals surface area contributed by atoms with Gasteiger partial charge in [-0.05, 0) is 47.5 Å². The molecule has 7 heteroatoms. The van der Waals surface area contributed by atoms with Crippen molar-refractivity contribution in [1.82, 2.24) is 9.88 Å². The Labute approximate surface area is 182 Å². The van der Waals surface area contributed by atoms with E-state index in [0.717, 1.165) is 11.1 Å². The molecule has 4 aromatic rings. The minimum absolute atomic E-state index is 0.0523. The molecule has 0 bridgehead atoms. The van der Waals surface area contributed by atoms with Crippen LogP contribution >= 0.6 is 11.6 Å². The maximum Gasteiger partial charge on any atom is 0.291 e. The standard InChI is InChI=1S/C24H17ClN2O4/c1-30-17-6-2-5-15(10-17)21-20-22(28)18-11-16(25)7-8-19(18)31-23(20)24(29)27(21)13-14-4-3-9-26-12-14/h2-12,21H,13H2,1H3/t21-/m1/s1. The number of pyridine rings is 1. The zero-order chi connectivity index (χ0) is 21.5. The van der Waals surface area contributed by atoms with Gasteiger partial charge in [-0.1, -0.05) is 29.8 Å². The van der Waals surface area contributed by atoms with Crippen LogP contribution in [0, 0.1) is 0 Å². The molecule has 0 saturated heterocycles. The predicted molar refractivity (Wildman–Crippen MR) is 116 cm³/mol. The maximum absolute atomic E-state index is 13.5. The molecule has 31 heavy (non-hydrogen) atoms. The number of halogens is 1. The molecule has 2 aromatic heterocycles. The van der Waals surface area contributed by atoms with Crippen molar-refractivity contribution >= 4 is 28.5 Å². The molecule has 1 aliphatic heterocycles. The Morgan fingerprint density at radius 1 is 1.13 bits per heavy atom. The molecule has 0 saturated carbocycles. The molecule has 154 valence electrons. The summed E-state index contributed by atoms with van der Waals surface area (Å²) in [6.07, 6.45) is 3.37. The van der Waals surface area contributed by atoms with Gasteiger partial charge in [0.2, 0.25) is 5.76 Å². The van der Waals surface area contributed by atoms with Gasteiger partial charge in [-0.2, -0.15) is 0 Å². The van der Waals surface area contributed by atoms with Crippen LogP contribution in [0.1, 0.15) is 33.3 Å². The lowest BCUT2D eigenvalue weighted by atomic mass is 9.98. The number of aromatic nitrogens is 1. The summed E-state index contributed by atoms with van der Waals surface area (Å²) in [4.78, 5) is 32.7. The zero-order valence-electron chi connectivity index (χ0n) is 16.5. The van der Waals surface area contributed by atoms with Crippen molar-refractivity contribution in [2.45, 2.75) is 12.6 Å². The highest BCUT2D eigenvalue weighted by Crippen LogP contribution is 2.40. The molecule has 0 fully saturated rings. The molecular weight excluding hydrogens is 416 g/mol. The summed E-state index contributed by atoms with van der Waals surface area (Å²) >= 11 is 6.12. The number of hydrogen-bond donors (Lipinski definition) is 0. The summed E-state index contributed by atoms with van der Waals surface area (Å²) in [6.45, 7) is 0.273. The van der Waals surface area contributed by atoms with Crippen molar-refractivity contribution in [3.63, 3.8) is 0 Å². The van der Waals surface area contributed by atoms with E-state index in [4.69, 9.17) is 20.8 Å². The molecule has 6 nitrogen and oxygen atoms in total. The van der Waals surface area contributed by atoms with Crippen molar-refractivity contribution < 1.29 is 13.9 Å². The Kier molecular flexibility index (Phi) is 4.71. The molecule has 1 atom stereocenters. The van der Waals surface area contributed by atoms with Gasteiger partial charge in [0.1, 0.15) is 11.3 Å². The van der Waals surface area contributed by atoms with Crippen molar-refractivity contribution in [2.24, 2.45) is 0 Å². The second-order valence-corrected chi connectivity index (χ2v) is 7.72. The summed E-state index contributed by atoms with van der Waals surface area (Å²) in [5.41, 5.74) is 1.96. The van der Waals surface area contributed by atoms with Crippen molar-refractivity contribution in [2.75, 3.05) is 7.11 Å². The van der Waals surface area contributed by atoms with E-state index in [9.17, 15) is 9.59 Å². The number of ether oxygens (including phenoxy) is 1. The van der Waals surface area contributed by atoms with Crippen LogP contribution in [0.15, 0.2) is 76.2 Å². The minimum Gasteiger partial charge on any atom is -0.497 e. The third kappa shape index (κ3) is 3.25. The number of carbonyl (C=O) groups excluding carboxylic acids is 1. The third-order valence-corrected chi connectivity index (χ3v) is 5.65. The first-order chi connectivity index (χ1) is 15.1. The van der Waals surface area contributed by atoms with E-state index >= 15 is 0 Å². The molecule has 2 aromatic carbocycles. The van der Waals surface area contributed by atoms with Gasteiger partial charge in [0.15, 0.2) is 5.43 Å². The smallest absolute Gasteiger partial charge is 0.291 e. The lowest BCUT2D eigenvalue weighted by Crippen LogP contribution is -2.29. The Morgan fingerprint density at radius 3 is 2.77 bits per heavy atom. The van der Waals surface area contributed by atoms with Crippen LogP contribution < -0.4 is 10.2 Å². The molecule has 0 spiro atoms. The molecule has 1 amide bonds. The number of methoxy groups -OCH3 is 1. The number of benzene rings is 2. The summed E-state index contributed by atoms with van der Waals surface area (Å²) in [6, 6.07) is 15.2. The topological polar surface area (TPSA) is 72.6 Å². The van der Waals surface area contributed by atoms with Gasteiger partial charge in [0.25, 0.3) is 5.91 Å². The fourth-order valence-electron chi connectivity index (χ4n) is 4.00. The highest BCUT2D eigenvalue weighted by molar-refractivity contribution is 6.31. The highest BCUT2D eigenvalue weighted by Gasteiger charge is 2.42. The first-order valence-electron chi connectivity index (χ1n) is 9.67. The van der Waals surface area contributed by atoms with Gasteiger partial charge in [-0.15, -0.1) is 0 Å². The van der Waals surface area contributed by atoms with E-state index in [0.29, 0.717) is 27.3 Å². The average molecular weight is 433 g/mol. The largest absolute Gasteiger partial charge is 0.497 e. The summed E-state index contributed by atoms with van der Waals surface area (Å²) in [7, 11) is 1.57. The summed E-state index contributed by atoms with van der Waals surface area (Å²) in [5, 5.41) is 0.768. The molecule has 0 N–H and O–H groups in total. The maximum atomic E-state index is 13.5. The Morgan fingerprint density at radius 2 is 2.00 bits per heavy atom. The quantitative estimate of drug-likeness (QED) is 0.471. The lowest BCUT2D eigenvalue weighted by molar-refractivity contribution is 0.0714. The van der Waals surface area contributed by atoms with Crippen molar-refractivity contribution in [3.8, 4) is 5.75 Å². The minimum atomic E-state index is -0.627. The summed E-state index contributed by atoms with van der Waals surface area (Å²) in [5.74, 6) is 0.338. The fourth-order valence-corrected chi connectivity index (χ4v) is 4.17. The van der Waals surface area contributed by atoms with Gasteiger partial charge in [-0.25, -0.2) is 0 Å². The SMILES string of the molecule is COc1cccc([C@@H]2c3c(oc4ccc(Cl)cc4c3=O)C(=O)N2Cc2cccnc2)c1. The molecule has 5 rings (SSSR count). The van der Waals surface area contributed by atoms with Crippen LogP contribution in [0.3, 0.4) is 0 Å². The second kappa shape index (κ2) is 7.56. The van der Waals surface area contributed by atoms with E-state index in [2.05, 4.69) is 4.98 Å². The van der Waals surface area contributed by atoms with Crippen molar-refractivity contribution in [1.29, 1.82) is 0 Å². The van der Waals surface area contributed by atoms with Gasteiger partial charge in [-0.3, -0.25) is 14.6 Å². The Bertz CT molecular complexity index is 1370. The first-order valence-corrected chi connectivity index (χ1v) is 10.0. The van der Waals surface area contributed by atoms with E-state index < -0.39 is 6.04 Å². The molecule has 0 aliphatic carbocycles. The van der Waals surface area contributed by atoms with Crippen LogP contribution in [0.5, 0.6) is 5.75 Å². The first kappa shape index (κ1) is 19.3. The third-order valence-electron chi connectivity index (χ3n) is 5.41. The van der Waals surface area contributed by atoms with Gasteiger partial charge < -0.3 is 14.1 Å².